The van der Waals surface area contributed by atoms with Gasteiger partial charge >= 0.3 is 0 Å². The molecule has 84 valence electrons. The topological polar surface area (TPSA) is 29.9 Å². The van der Waals surface area contributed by atoms with Crippen LogP contribution in [0.15, 0.2) is 36.7 Å². The Morgan fingerprint density at radius 1 is 1.38 bits per heavy atom. The molecule has 16 heavy (non-hydrogen) atoms. The first kappa shape index (κ1) is 11.6. The van der Waals surface area contributed by atoms with Crippen LogP contribution in [-0.2, 0) is 7.05 Å². The minimum absolute atomic E-state index is 0.210. The third-order valence-corrected chi connectivity index (χ3v) is 3.55. The van der Waals surface area contributed by atoms with E-state index >= 15 is 0 Å². The van der Waals surface area contributed by atoms with Crippen LogP contribution in [-0.4, -0.2) is 16.8 Å². The van der Waals surface area contributed by atoms with Crippen molar-refractivity contribution < 1.29 is 0 Å². The van der Waals surface area contributed by atoms with Crippen molar-refractivity contribution in [2.24, 2.45) is 7.05 Å². The Hall–Kier alpha value is -0.880. The Balaban J connectivity index is 2.40. The Bertz CT molecular complexity index is 479. The molecule has 1 N–H and O–H groups in total. The highest BCUT2D eigenvalue weighted by atomic mass is 127. The van der Waals surface area contributed by atoms with Gasteiger partial charge in [0.05, 0.1) is 12.2 Å². The number of nitrogens with one attached hydrogen (secondary N) is 1. The van der Waals surface area contributed by atoms with Crippen LogP contribution in [0.1, 0.15) is 17.2 Å². The fourth-order valence-corrected chi connectivity index (χ4v) is 2.50. The van der Waals surface area contributed by atoms with Gasteiger partial charge in [-0.15, -0.1) is 0 Å². The zero-order valence-corrected chi connectivity index (χ0v) is 11.5. The van der Waals surface area contributed by atoms with Crippen molar-refractivity contribution >= 4 is 22.6 Å². The lowest BCUT2D eigenvalue weighted by atomic mass is 10.0. The van der Waals surface area contributed by atoms with Crippen molar-refractivity contribution in [2.45, 2.75) is 6.04 Å². The summed E-state index contributed by atoms with van der Waals surface area (Å²) in [5, 5.41) is 7.55. The first-order chi connectivity index (χ1) is 7.72. The summed E-state index contributed by atoms with van der Waals surface area (Å²) in [7, 11) is 3.91. The Morgan fingerprint density at radius 2 is 2.12 bits per heavy atom. The molecular weight excluding hydrogens is 313 g/mol. The van der Waals surface area contributed by atoms with Crippen LogP contribution in [0.5, 0.6) is 0 Å². The predicted octanol–water partition coefficient (Wildman–Crippen LogP) is 2.33. The molecule has 4 heteroatoms. The predicted molar refractivity (Wildman–Crippen MR) is 73.3 cm³/mol. The third-order valence-electron chi connectivity index (χ3n) is 2.56. The summed E-state index contributed by atoms with van der Waals surface area (Å²) in [4.78, 5) is 0. The second-order valence-electron chi connectivity index (χ2n) is 3.69. The summed E-state index contributed by atoms with van der Waals surface area (Å²) in [6.07, 6.45) is 3.95. The van der Waals surface area contributed by atoms with Crippen LogP contribution in [0.3, 0.4) is 0 Å². The largest absolute Gasteiger partial charge is 0.309 e. The zero-order chi connectivity index (χ0) is 11.5. The number of aryl methyl sites for hydroxylation is 1. The Labute approximate surface area is 109 Å². The van der Waals surface area contributed by atoms with Gasteiger partial charge in [0.1, 0.15) is 0 Å². The normalized spacial score (nSPS) is 12.7. The first-order valence-corrected chi connectivity index (χ1v) is 6.20. The fourth-order valence-electron chi connectivity index (χ4n) is 1.80. The average molecular weight is 327 g/mol. The lowest BCUT2D eigenvalue weighted by Gasteiger charge is -2.16. The van der Waals surface area contributed by atoms with Gasteiger partial charge in [0.25, 0.3) is 0 Å². The summed E-state index contributed by atoms with van der Waals surface area (Å²) in [6.45, 7) is 0. The second-order valence-corrected chi connectivity index (χ2v) is 4.85. The van der Waals surface area contributed by atoms with Crippen molar-refractivity contribution in [3.8, 4) is 0 Å². The molecule has 0 aliphatic rings. The van der Waals surface area contributed by atoms with Gasteiger partial charge in [0.15, 0.2) is 0 Å². The van der Waals surface area contributed by atoms with Crippen LogP contribution in [0.25, 0.3) is 0 Å². The summed E-state index contributed by atoms with van der Waals surface area (Å²) < 4.78 is 3.10. The molecule has 0 spiro atoms. The molecule has 0 bridgehead atoms. The molecule has 0 aliphatic carbocycles. The molecule has 2 aromatic rings. The van der Waals surface area contributed by atoms with Gasteiger partial charge in [-0.2, -0.15) is 5.10 Å². The number of aromatic nitrogens is 2. The quantitative estimate of drug-likeness (QED) is 0.877. The number of halogens is 1. The van der Waals surface area contributed by atoms with E-state index in [0.29, 0.717) is 0 Å². The maximum Gasteiger partial charge on any atom is 0.0615 e. The van der Waals surface area contributed by atoms with E-state index in [4.69, 9.17) is 0 Å². The van der Waals surface area contributed by atoms with E-state index in [1.54, 1.807) is 0 Å². The highest BCUT2D eigenvalue weighted by Gasteiger charge is 2.15. The molecule has 1 aromatic carbocycles. The molecule has 2 rings (SSSR count). The van der Waals surface area contributed by atoms with Crippen molar-refractivity contribution in [1.82, 2.24) is 15.1 Å². The molecule has 0 saturated carbocycles. The Morgan fingerprint density at radius 3 is 2.69 bits per heavy atom. The minimum atomic E-state index is 0.210. The number of nitrogens with zero attached hydrogens (tertiary/aromatic N) is 2. The van der Waals surface area contributed by atoms with Gasteiger partial charge in [-0.1, -0.05) is 18.2 Å². The molecule has 3 nitrogen and oxygen atoms in total. The van der Waals surface area contributed by atoms with Crippen LogP contribution < -0.4 is 5.32 Å². The molecule has 0 saturated heterocycles. The molecular formula is C12H14IN3. The highest BCUT2D eigenvalue weighted by Crippen LogP contribution is 2.25. The summed E-state index contributed by atoms with van der Waals surface area (Å²) in [5.74, 6) is 0. The maximum absolute atomic E-state index is 4.21. The number of hydrogen-bond acceptors (Lipinski definition) is 2. The molecule has 0 aliphatic heterocycles. The first-order valence-electron chi connectivity index (χ1n) is 5.12. The number of benzene rings is 1. The van der Waals surface area contributed by atoms with E-state index in [1.165, 1.54) is 14.7 Å². The second kappa shape index (κ2) is 4.97. The van der Waals surface area contributed by atoms with E-state index in [1.807, 2.05) is 31.2 Å². The maximum atomic E-state index is 4.21. The molecule has 0 fully saturated rings. The molecule has 1 atom stereocenters. The van der Waals surface area contributed by atoms with E-state index in [9.17, 15) is 0 Å². The van der Waals surface area contributed by atoms with E-state index in [-0.39, 0.29) is 6.04 Å². The van der Waals surface area contributed by atoms with Gasteiger partial charge in [0.2, 0.25) is 0 Å². The van der Waals surface area contributed by atoms with Crippen molar-refractivity contribution in [1.29, 1.82) is 0 Å². The monoisotopic (exact) mass is 327 g/mol. The SMILES string of the molecule is CNC(c1cnn(C)c1)c1ccccc1I. The van der Waals surface area contributed by atoms with Gasteiger partial charge in [-0.25, -0.2) is 0 Å². The summed E-state index contributed by atoms with van der Waals surface area (Å²) in [6, 6.07) is 8.60. The van der Waals surface area contributed by atoms with E-state index in [0.717, 1.165) is 0 Å². The molecule has 0 amide bonds. The highest BCUT2D eigenvalue weighted by molar-refractivity contribution is 14.1. The Kier molecular flexibility index (Phi) is 3.60. The standard InChI is InChI=1S/C12H14IN3/c1-14-12(9-7-15-16(2)8-9)10-5-3-4-6-11(10)13/h3-8,12,14H,1-2H3. The zero-order valence-electron chi connectivity index (χ0n) is 9.31. The van der Waals surface area contributed by atoms with Crippen LogP contribution in [0.2, 0.25) is 0 Å². The number of hydrogen-bond donors (Lipinski definition) is 1. The van der Waals surface area contributed by atoms with Gasteiger partial charge in [-0.05, 0) is 41.3 Å². The lowest BCUT2D eigenvalue weighted by molar-refractivity contribution is 0.686. The van der Waals surface area contributed by atoms with E-state index in [2.05, 4.69) is 57.3 Å². The molecule has 0 radical (unpaired) electrons. The van der Waals surface area contributed by atoms with Gasteiger partial charge in [-0.3, -0.25) is 4.68 Å². The van der Waals surface area contributed by atoms with Crippen LogP contribution in [0.4, 0.5) is 0 Å². The smallest absolute Gasteiger partial charge is 0.0615 e. The summed E-state index contributed by atoms with van der Waals surface area (Å²) >= 11 is 2.37. The van der Waals surface area contributed by atoms with Crippen molar-refractivity contribution in [2.75, 3.05) is 7.05 Å². The van der Waals surface area contributed by atoms with Crippen LogP contribution in [0, 0.1) is 3.57 Å². The fraction of sp³-hybridized carbons (Fsp3) is 0.250. The van der Waals surface area contributed by atoms with Gasteiger partial charge < -0.3 is 5.32 Å². The molecule has 1 unspecified atom stereocenters. The van der Waals surface area contributed by atoms with Gasteiger partial charge in [0, 0.05) is 22.4 Å². The average Bonchev–Trinajstić information content (AvgIpc) is 2.69. The summed E-state index contributed by atoms with van der Waals surface area (Å²) in [5.41, 5.74) is 2.48. The van der Waals surface area contributed by atoms with Crippen LogP contribution >= 0.6 is 22.6 Å². The van der Waals surface area contributed by atoms with E-state index < -0.39 is 0 Å². The number of rotatable bonds is 3. The molecule has 1 heterocycles. The minimum Gasteiger partial charge on any atom is -0.309 e. The van der Waals surface area contributed by atoms with Crippen molar-refractivity contribution in [3.05, 3.63) is 51.4 Å². The van der Waals surface area contributed by atoms with Crippen molar-refractivity contribution in [3.63, 3.8) is 0 Å². The third kappa shape index (κ3) is 2.27. The molecule has 1 aromatic heterocycles. The lowest BCUT2D eigenvalue weighted by Crippen LogP contribution is -2.18.